The van der Waals surface area contributed by atoms with Gasteiger partial charge in [-0.1, -0.05) is 47.3 Å². The van der Waals surface area contributed by atoms with Crippen molar-refractivity contribution in [2.24, 2.45) is 0 Å². The van der Waals surface area contributed by atoms with Crippen LogP contribution in [0.5, 0.6) is 0 Å². The van der Waals surface area contributed by atoms with Crippen LogP contribution in [0.15, 0.2) is 48.7 Å². The van der Waals surface area contributed by atoms with E-state index in [2.05, 4.69) is 37.7 Å². The predicted octanol–water partition coefficient (Wildman–Crippen LogP) is 7.13. The summed E-state index contributed by atoms with van der Waals surface area (Å²) in [5.41, 5.74) is 2.01. The van der Waals surface area contributed by atoms with Gasteiger partial charge in [0, 0.05) is 68.8 Å². The molecule has 0 aliphatic rings. The molecule has 2 rings (SSSR count). The summed E-state index contributed by atoms with van der Waals surface area (Å²) < 4.78 is 0. The van der Waals surface area contributed by atoms with Crippen LogP contribution in [0.4, 0.5) is 0 Å². The fourth-order valence-corrected chi connectivity index (χ4v) is 7.44. The van der Waals surface area contributed by atoms with Crippen LogP contribution in [0.1, 0.15) is 35.1 Å². The fraction of sp³-hybridized carbons (Fsp3) is 0.476. The van der Waals surface area contributed by atoms with Gasteiger partial charge in [0.25, 0.3) is 0 Å². The number of benzene rings is 1. The van der Waals surface area contributed by atoms with Gasteiger partial charge >= 0.3 is 0 Å². The topological polar surface area (TPSA) is 12.9 Å². The van der Waals surface area contributed by atoms with E-state index in [4.69, 9.17) is 0 Å². The number of hydrogen-bond acceptors (Lipinski definition) is 1. The SMILES string of the molecule is C.CC.CC.C[PH+](C)C[PH+](C)C.[Ir].[c-]1ccccc1-c1ccccn1. The van der Waals surface area contributed by atoms with Crippen LogP contribution < -0.4 is 0 Å². The number of nitrogens with zero attached hydrogens (tertiary/aromatic N) is 1. The van der Waals surface area contributed by atoms with Crippen molar-refractivity contribution in [2.75, 3.05) is 32.6 Å². The summed E-state index contributed by atoms with van der Waals surface area (Å²) in [7, 11) is 0.222. The molecule has 0 fully saturated rings. The smallest absolute Gasteiger partial charge is 0.154 e. The molecule has 0 bridgehead atoms. The van der Waals surface area contributed by atoms with Crippen molar-refractivity contribution in [1.82, 2.24) is 4.98 Å². The molecule has 0 unspecified atom stereocenters. The molecule has 0 saturated carbocycles. The van der Waals surface area contributed by atoms with Gasteiger partial charge in [0.05, 0.1) is 0 Å². The first-order chi connectivity index (χ1) is 11.1. The van der Waals surface area contributed by atoms with Crippen LogP contribution >= 0.6 is 15.8 Å². The minimum Gasteiger partial charge on any atom is -0.305 e. The van der Waals surface area contributed by atoms with E-state index in [-0.39, 0.29) is 43.4 Å². The zero-order chi connectivity index (χ0) is 18.1. The van der Waals surface area contributed by atoms with E-state index in [1.807, 2.05) is 70.2 Å². The molecule has 0 aliphatic heterocycles. The van der Waals surface area contributed by atoms with Gasteiger partial charge in [-0.25, -0.2) is 0 Å². The molecule has 2 aromatic rings. The van der Waals surface area contributed by atoms with Gasteiger partial charge < -0.3 is 4.98 Å². The Morgan fingerprint density at radius 1 is 0.840 bits per heavy atom. The third-order valence-electron chi connectivity index (χ3n) is 2.36. The molecule has 0 aliphatic carbocycles. The van der Waals surface area contributed by atoms with E-state index in [1.54, 1.807) is 12.1 Å². The summed E-state index contributed by atoms with van der Waals surface area (Å²) in [5, 5.41) is 0. The van der Waals surface area contributed by atoms with Gasteiger partial charge in [-0.15, -0.1) is 35.9 Å². The second kappa shape index (κ2) is 23.9. The molecule has 25 heavy (non-hydrogen) atoms. The second-order valence-corrected chi connectivity index (χ2v) is 11.3. The van der Waals surface area contributed by atoms with Gasteiger partial charge in [0.2, 0.25) is 0 Å². The summed E-state index contributed by atoms with van der Waals surface area (Å²) in [6, 6.07) is 16.8. The Morgan fingerprint density at radius 3 is 1.68 bits per heavy atom. The van der Waals surface area contributed by atoms with E-state index in [0.717, 1.165) is 11.3 Å². The monoisotopic (exact) mass is 561 g/mol. The summed E-state index contributed by atoms with van der Waals surface area (Å²) in [6.45, 7) is 17.6. The molecule has 0 amide bonds. The maximum absolute atomic E-state index is 4.22. The van der Waals surface area contributed by atoms with Crippen molar-refractivity contribution in [3.63, 3.8) is 0 Å². The Balaban J connectivity index is -0.000000149. The van der Waals surface area contributed by atoms with Crippen LogP contribution in [0.2, 0.25) is 0 Å². The molecular formula is C21H40IrNP2+. The van der Waals surface area contributed by atoms with Gasteiger partial charge in [-0.05, 0) is 11.8 Å². The maximum atomic E-state index is 4.22. The Morgan fingerprint density at radius 2 is 1.36 bits per heavy atom. The minimum absolute atomic E-state index is 0. The number of aromatic nitrogens is 1. The number of hydrogen-bond donors (Lipinski definition) is 0. The fourth-order valence-electron chi connectivity index (χ4n) is 1.78. The van der Waals surface area contributed by atoms with Crippen molar-refractivity contribution < 1.29 is 20.1 Å². The van der Waals surface area contributed by atoms with Gasteiger partial charge in [-0.3, -0.25) is 0 Å². The molecule has 4 heteroatoms. The van der Waals surface area contributed by atoms with Crippen LogP contribution in [-0.4, -0.2) is 37.5 Å². The molecule has 1 nitrogen and oxygen atoms in total. The minimum atomic E-state index is 0. The zero-order valence-electron chi connectivity index (χ0n) is 16.6. The van der Waals surface area contributed by atoms with Crippen LogP contribution in [-0.2, 0) is 20.1 Å². The molecule has 0 spiro atoms. The third-order valence-corrected chi connectivity index (χ3v) is 8.01. The maximum Gasteiger partial charge on any atom is 0.154 e. The van der Waals surface area contributed by atoms with Crippen molar-refractivity contribution in [1.29, 1.82) is 0 Å². The normalized spacial score (nSPS) is 8.24. The quantitative estimate of drug-likeness (QED) is 0.288. The first-order valence-corrected chi connectivity index (χ1v) is 14.0. The van der Waals surface area contributed by atoms with E-state index >= 15 is 0 Å². The van der Waals surface area contributed by atoms with Crippen molar-refractivity contribution in [3.05, 3.63) is 54.7 Å². The molecule has 1 aromatic heterocycles. The third kappa shape index (κ3) is 20.0. The van der Waals surface area contributed by atoms with E-state index in [9.17, 15) is 0 Å². The Labute approximate surface area is 174 Å². The Bertz CT molecular complexity index is 404. The van der Waals surface area contributed by atoms with Crippen LogP contribution in [0, 0.1) is 6.07 Å². The number of rotatable bonds is 3. The molecule has 1 heterocycles. The van der Waals surface area contributed by atoms with E-state index < -0.39 is 0 Å². The molecule has 0 N–H and O–H groups in total. The van der Waals surface area contributed by atoms with Crippen LogP contribution in [0.3, 0.4) is 0 Å². The molecular weight excluding hydrogens is 520 g/mol. The molecule has 0 saturated heterocycles. The first kappa shape index (κ1) is 32.5. The Hall–Kier alpha value is -0.121. The summed E-state index contributed by atoms with van der Waals surface area (Å²) in [6.07, 6.45) is 1.79. The van der Waals surface area contributed by atoms with E-state index in [0.29, 0.717) is 0 Å². The summed E-state index contributed by atoms with van der Waals surface area (Å²) in [4.78, 5) is 4.22. The average Bonchev–Trinajstić information content (AvgIpc) is 2.59. The summed E-state index contributed by atoms with van der Waals surface area (Å²) >= 11 is 0. The first-order valence-electron chi connectivity index (χ1n) is 8.55. The van der Waals surface area contributed by atoms with Gasteiger partial charge in [-0.2, -0.15) is 0 Å². The van der Waals surface area contributed by atoms with Crippen molar-refractivity contribution in [3.8, 4) is 11.3 Å². The average molecular weight is 561 g/mol. The van der Waals surface area contributed by atoms with Crippen LogP contribution in [0.25, 0.3) is 11.3 Å². The van der Waals surface area contributed by atoms with Gasteiger partial charge in [0.15, 0.2) is 5.90 Å². The van der Waals surface area contributed by atoms with Gasteiger partial charge in [0.1, 0.15) is 0 Å². The molecule has 1 aromatic carbocycles. The van der Waals surface area contributed by atoms with E-state index in [1.165, 1.54) is 0 Å². The number of pyridine rings is 1. The molecule has 1 radical (unpaired) electrons. The summed E-state index contributed by atoms with van der Waals surface area (Å²) in [5.74, 6) is 1.56. The molecule has 147 valence electrons. The second-order valence-electron chi connectivity index (χ2n) is 5.08. The Kier molecular flexibility index (Phi) is 31.1. The predicted molar refractivity (Wildman–Crippen MR) is 123 cm³/mol. The molecule has 0 atom stereocenters. The standard InChI is InChI=1S/C11H8N.C5H14P2.2C2H6.CH4.Ir/c1-2-6-10(7-3-1)11-8-4-5-9-12-11;1-6(2)5-7(3)4;2*1-2;;/h1-6,8-9H;5H2,1-4H3;2*1-2H3;1H4;/q-1;;;;;/p+2. The van der Waals surface area contributed by atoms with Crippen molar-refractivity contribution >= 4 is 15.8 Å². The largest absolute Gasteiger partial charge is 0.305 e. The van der Waals surface area contributed by atoms with Crippen molar-refractivity contribution in [2.45, 2.75) is 35.1 Å². The zero-order valence-corrected chi connectivity index (χ0v) is 21.0.